The molecule has 1 aliphatic carbocycles. The fourth-order valence-electron chi connectivity index (χ4n) is 4.28. The van der Waals surface area contributed by atoms with Crippen molar-refractivity contribution >= 4 is 12.2 Å². The molecule has 0 aromatic carbocycles. The van der Waals surface area contributed by atoms with Crippen molar-refractivity contribution < 1.29 is 22.0 Å². The molecule has 11 heteroatoms. The molecule has 2 N–H and O–H groups in total. The van der Waals surface area contributed by atoms with Crippen molar-refractivity contribution in [1.29, 1.82) is 0 Å². The van der Waals surface area contributed by atoms with Gasteiger partial charge in [-0.2, -0.15) is 27.1 Å². The number of fused-ring (bicyclic) bond motifs is 3. The molecule has 6 nitrogen and oxygen atoms in total. The van der Waals surface area contributed by atoms with Gasteiger partial charge in [-0.1, -0.05) is 5.22 Å². The highest BCUT2D eigenvalue weighted by Crippen LogP contribution is 2.45. The topological polar surface area (TPSA) is 68.1 Å². The highest BCUT2D eigenvalue weighted by molar-refractivity contribution is 5.66. The average molecular weight is 404 g/mol. The Balaban J connectivity index is 1.28. The zero-order valence-electron chi connectivity index (χ0n) is 15.0. The fourth-order valence-corrected chi connectivity index (χ4v) is 4.28. The average Bonchev–Trinajstić information content (AvgIpc) is 3.27. The van der Waals surface area contributed by atoms with Gasteiger partial charge in [-0.25, -0.2) is 10.0 Å². The van der Waals surface area contributed by atoms with Crippen LogP contribution in [0.15, 0.2) is 27.6 Å². The predicted molar refractivity (Wildman–Crippen MR) is 91.5 cm³/mol. The molecule has 1 saturated carbocycles. The van der Waals surface area contributed by atoms with Gasteiger partial charge in [-0.05, 0) is 50.1 Å². The van der Waals surface area contributed by atoms with Crippen LogP contribution in [0.1, 0.15) is 37.3 Å². The number of nitrogens with one attached hydrogen (secondary N) is 2. The predicted octanol–water partition coefficient (Wildman–Crippen LogP) is 4.37. The maximum absolute atomic E-state index is 13.0. The van der Waals surface area contributed by atoms with Crippen LogP contribution < -0.4 is 5.32 Å². The number of halogens is 5. The van der Waals surface area contributed by atoms with Crippen LogP contribution in [-0.2, 0) is 0 Å². The number of aliphatic imine (C=N–C) groups is 1. The van der Waals surface area contributed by atoms with Crippen molar-refractivity contribution in [2.75, 3.05) is 13.1 Å². The summed E-state index contributed by atoms with van der Waals surface area (Å²) in [5.74, 6) is -3.51. The number of nitrogens with zero attached hydrogens (tertiary/aromatic N) is 4. The Morgan fingerprint density at radius 1 is 1.14 bits per heavy atom. The second kappa shape index (κ2) is 7.09. The zero-order valence-corrected chi connectivity index (χ0v) is 15.0. The summed E-state index contributed by atoms with van der Waals surface area (Å²) in [6.45, 7) is -1.21. The lowest BCUT2D eigenvalue weighted by Gasteiger charge is -2.34. The molecule has 1 aromatic rings. The maximum Gasteiger partial charge on any atom is 0.454 e. The van der Waals surface area contributed by atoms with Crippen LogP contribution in [0, 0.1) is 11.8 Å². The van der Waals surface area contributed by atoms with Crippen LogP contribution in [-0.4, -0.2) is 47.6 Å². The van der Waals surface area contributed by atoms with Gasteiger partial charge in [0.05, 0.1) is 6.54 Å². The molecule has 2 unspecified atom stereocenters. The summed E-state index contributed by atoms with van der Waals surface area (Å²) < 4.78 is 62.6. The smallest absolute Gasteiger partial charge is 0.346 e. The highest BCUT2D eigenvalue weighted by atomic mass is 19.4. The van der Waals surface area contributed by atoms with Gasteiger partial charge < -0.3 is 10.3 Å². The zero-order chi connectivity index (χ0) is 19.9. The van der Waals surface area contributed by atoms with Gasteiger partial charge in [-0.15, -0.1) is 0 Å². The molecule has 1 fully saturated rings. The second-order valence-corrected chi connectivity index (χ2v) is 7.66. The first-order valence-corrected chi connectivity index (χ1v) is 9.32. The summed E-state index contributed by atoms with van der Waals surface area (Å²) in [6, 6.07) is 1.97. The van der Waals surface area contributed by atoms with Crippen molar-refractivity contribution in [2.45, 2.75) is 49.9 Å². The van der Waals surface area contributed by atoms with E-state index in [0.29, 0.717) is 5.92 Å². The first-order valence-electron chi connectivity index (χ1n) is 9.32. The molecule has 0 radical (unpaired) electrons. The minimum absolute atomic E-state index is 0.00361. The molecule has 4 rings (SSSR count). The summed E-state index contributed by atoms with van der Waals surface area (Å²) in [6.07, 6.45) is 1.19. The van der Waals surface area contributed by atoms with Crippen LogP contribution in [0.5, 0.6) is 0 Å². The minimum Gasteiger partial charge on any atom is -0.346 e. The lowest BCUT2D eigenvalue weighted by atomic mass is 9.76. The summed E-state index contributed by atoms with van der Waals surface area (Å²) in [4.78, 5) is 7.39. The molecule has 0 bridgehead atoms. The molecule has 154 valence electrons. The van der Waals surface area contributed by atoms with E-state index in [0.717, 1.165) is 37.1 Å². The van der Waals surface area contributed by atoms with Crippen molar-refractivity contribution in [3.8, 4) is 0 Å². The Morgan fingerprint density at radius 2 is 1.89 bits per heavy atom. The summed E-state index contributed by atoms with van der Waals surface area (Å²) >= 11 is 0. The van der Waals surface area contributed by atoms with E-state index in [4.69, 9.17) is 0 Å². The quantitative estimate of drug-likeness (QED) is 0.716. The normalized spacial score (nSPS) is 29.8. The first-order chi connectivity index (χ1) is 13.3. The third kappa shape index (κ3) is 3.51. The third-order valence-corrected chi connectivity index (χ3v) is 5.85. The number of aromatic nitrogens is 1. The molecular formula is C17H21F5N6. The van der Waals surface area contributed by atoms with Crippen molar-refractivity contribution in [3.63, 3.8) is 0 Å². The standard InChI is InChI=1S/C17H21F5N6/c18-16(19,17(20,21)22)8-23-7-10-1-3-11(4-2-10)13-14-12-5-6-24-15(12)25-9-28(14)27-26-13/h5-6,9-11,13-14,23-24H,1-4,7-8H2. The Hall–Kier alpha value is -2.04. The molecule has 3 heterocycles. The number of H-pyrrole nitrogens is 1. The number of hydrogen-bond donors (Lipinski definition) is 2. The van der Waals surface area contributed by atoms with Crippen molar-refractivity contribution in [2.24, 2.45) is 27.2 Å². The Kier molecular flexibility index (Phi) is 4.88. The van der Waals surface area contributed by atoms with Gasteiger partial charge in [0.2, 0.25) is 0 Å². The Morgan fingerprint density at radius 3 is 2.61 bits per heavy atom. The molecule has 2 atom stereocenters. The van der Waals surface area contributed by atoms with Crippen molar-refractivity contribution in [3.05, 3.63) is 17.8 Å². The van der Waals surface area contributed by atoms with E-state index in [1.807, 2.05) is 12.3 Å². The fraction of sp³-hybridized carbons (Fsp3) is 0.706. The van der Waals surface area contributed by atoms with Gasteiger partial charge in [0.15, 0.2) is 0 Å². The molecule has 1 aromatic heterocycles. The number of hydrogen-bond acceptors (Lipinski definition) is 5. The van der Waals surface area contributed by atoms with E-state index in [1.165, 1.54) is 0 Å². The highest BCUT2D eigenvalue weighted by Gasteiger charge is 2.57. The van der Waals surface area contributed by atoms with E-state index in [1.54, 1.807) is 11.3 Å². The van der Waals surface area contributed by atoms with Crippen LogP contribution in [0.3, 0.4) is 0 Å². The largest absolute Gasteiger partial charge is 0.454 e. The van der Waals surface area contributed by atoms with Crippen LogP contribution >= 0.6 is 0 Å². The summed E-state index contributed by atoms with van der Waals surface area (Å²) in [7, 11) is 0. The molecular weight excluding hydrogens is 383 g/mol. The first kappa shape index (κ1) is 19.3. The van der Waals surface area contributed by atoms with Gasteiger partial charge >= 0.3 is 12.1 Å². The summed E-state index contributed by atoms with van der Waals surface area (Å²) in [5.41, 5.74) is 1.05. The molecule has 0 saturated heterocycles. The van der Waals surface area contributed by atoms with E-state index < -0.39 is 18.6 Å². The van der Waals surface area contributed by atoms with E-state index >= 15 is 0 Å². The van der Waals surface area contributed by atoms with Gasteiger partial charge in [0.25, 0.3) is 0 Å². The Bertz CT molecular complexity index is 749. The van der Waals surface area contributed by atoms with Crippen molar-refractivity contribution in [1.82, 2.24) is 15.3 Å². The lowest BCUT2D eigenvalue weighted by Crippen LogP contribution is -2.46. The second-order valence-electron chi connectivity index (χ2n) is 7.66. The minimum atomic E-state index is -5.52. The number of alkyl halides is 5. The molecule has 28 heavy (non-hydrogen) atoms. The molecule has 2 aliphatic heterocycles. The maximum atomic E-state index is 13.0. The lowest BCUT2D eigenvalue weighted by molar-refractivity contribution is -0.279. The van der Waals surface area contributed by atoms with Crippen LogP contribution in [0.25, 0.3) is 0 Å². The van der Waals surface area contributed by atoms with E-state index in [-0.39, 0.29) is 24.5 Å². The number of rotatable bonds is 5. The van der Waals surface area contributed by atoms with E-state index in [9.17, 15) is 22.0 Å². The third-order valence-electron chi connectivity index (χ3n) is 5.85. The van der Waals surface area contributed by atoms with Crippen LogP contribution in [0.4, 0.5) is 27.8 Å². The molecule has 0 amide bonds. The summed E-state index contributed by atoms with van der Waals surface area (Å²) in [5, 5.41) is 12.7. The molecule has 0 spiro atoms. The van der Waals surface area contributed by atoms with Gasteiger partial charge in [-0.3, -0.25) is 0 Å². The molecule has 3 aliphatic rings. The monoisotopic (exact) mass is 404 g/mol. The SMILES string of the molecule is FC(F)(F)C(F)(F)CNCC1CCC(C2N=NN3C=Nc4[nH]ccc4C23)CC1. The number of aromatic amines is 1. The van der Waals surface area contributed by atoms with Gasteiger partial charge in [0, 0.05) is 11.8 Å². The van der Waals surface area contributed by atoms with Gasteiger partial charge in [0.1, 0.15) is 24.2 Å². The van der Waals surface area contributed by atoms with E-state index in [2.05, 4.69) is 25.6 Å². The Labute approximate surface area is 158 Å². The van der Waals surface area contributed by atoms with Crippen LogP contribution in [0.2, 0.25) is 0 Å².